The van der Waals surface area contributed by atoms with E-state index in [1.54, 1.807) is 12.1 Å². The van der Waals surface area contributed by atoms with Gasteiger partial charge in [-0.25, -0.2) is 4.98 Å². The number of benzene rings is 1. The lowest BCUT2D eigenvalue weighted by Gasteiger charge is -2.33. The van der Waals surface area contributed by atoms with Crippen molar-refractivity contribution in [1.29, 1.82) is 5.26 Å². The first-order chi connectivity index (χ1) is 13.1. The van der Waals surface area contributed by atoms with E-state index in [0.717, 1.165) is 24.9 Å². The Balaban J connectivity index is 2.09. The third-order valence-corrected chi connectivity index (χ3v) is 4.54. The molecule has 0 saturated carbocycles. The number of aliphatic hydroxyl groups is 1. The third kappa shape index (κ3) is 4.17. The van der Waals surface area contributed by atoms with Gasteiger partial charge in [0.1, 0.15) is 12.2 Å². The van der Waals surface area contributed by atoms with E-state index >= 15 is 0 Å². The first kappa shape index (κ1) is 18.7. The average Bonchev–Trinajstić information content (AvgIpc) is 2.69. The van der Waals surface area contributed by atoms with Gasteiger partial charge in [-0.15, -0.1) is 0 Å². The number of rotatable bonds is 3. The van der Waals surface area contributed by atoms with Gasteiger partial charge in [-0.1, -0.05) is 30.0 Å². The van der Waals surface area contributed by atoms with Crippen LogP contribution in [0.1, 0.15) is 29.5 Å². The molecule has 3 N–H and O–H groups in total. The molecule has 1 fully saturated rings. The Kier molecular flexibility index (Phi) is 5.87. The molecule has 27 heavy (non-hydrogen) atoms. The Morgan fingerprint density at radius 3 is 2.89 bits per heavy atom. The standard InChI is InChI=1S/C20H21N5O2/c21-11-15-5-1-2-6-17(15)13-25-19(27)16(7-4-10-26)12-23-20(25)24-9-3-8-18(22)14-24/h1-2,5-6,12,18,26H,3,8-10,13-14,22H2. The molecule has 7 nitrogen and oxygen atoms in total. The molecule has 2 aromatic rings. The predicted molar refractivity (Wildman–Crippen MR) is 102 cm³/mol. The van der Waals surface area contributed by atoms with Crippen LogP contribution < -0.4 is 16.2 Å². The van der Waals surface area contributed by atoms with Gasteiger partial charge < -0.3 is 15.7 Å². The number of aliphatic hydroxyl groups excluding tert-OH is 1. The van der Waals surface area contributed by atoms with Crippen molar-refractivity contribution < 1.29 is 5.11 Å². The van der Waals surface area contributed by atoms with E-state index in [1.807, 2.05) is 17.0 Å². The lowest BCUT2D eigenvalue weighted by molar-refractivity contribution is 0.350. The van der Waals surface area contributed by atoms with Gasteiger partial charge in [0.15, 0.2) is 0 Å². The Bertz CT molecular complexity index is 980. The van der Waals surface area contributed by atoms with Crippen LogP contribution in [0.4, 0.5) is 5.95 Å². The molecule has 1 aromatic heterocycles. The van der Waals surface area contributed by atoms with Crippen molar-refractivity contribution in [2.24, 2.45) is 5.73 Å². The zero-order valence-electron chi connectivity index (χ0n) is 14.9. The minimum Gasteiger partial charge on any atom is -0.384 e. The zero-order chi connectivity index (χ0) is 19.2. The van der Waals surface area contributed by atoms with Crippen LogP contribution in [-0.2, 0) is 6.54 Å². The normalized spacial score (nSPS) is 16.3. The number of anilines is 1. The molecule has 1 saturated heterocycles. The second kappa shape index (κ2) is 8.50. The zero-order valence-corrected chi connectivity index (χ0v) is 14.9. The van der Waals surface area contributed by atoms with Gasteiger partial charge in [-0.05, 0) is 24.5 Å². The fourth-order valence-electron chi connectivity index (χ4n) is 3.23. The van der Waals surface area contributed by atoms with Crippen LogP contribution >= 0.6 is 0 Å². The summed E-state index contributed by atoms with van der Waals surface area (Å²) in [4.78, 5) is 19.5. The molecule has 2 heterocycles. The van der Waals surface area contributed by atoms with Gasteiger partial charge in [0, 0.05) is 19.1 Å². The molecular formula is C20H21N5O2. The SMILES string of the molecule is N#Cc1ccccc1Cn1c(N2CCCC(N)C2)ncc(C#CCO)c1=O. The molecule has 3 rings (SSSR count). The summed E-state index contributed by atoms with van der Waals surface area (Å²) < 4.78 is 1.54. The number of nitriles is 1. The molecule has 1 unspecified atom stereocenters. The Labute approximate surface area is 157 Å². The lowest BCUT2D eigenvalue weighted by Crippen LogP contribution is -2.45. The molecule has 0 spiro atoms. The summed E-state index contributed by atoms with van der Waals surface area (Å²) in [7, 11) is 0. The van der Waals surface area contributed by atoms with Crippen molar-refractivity contribution in [3.05, 3.63) is 57.5 Å². The van der Waals surface area contributed by atoms with Crippen molar-refractivity contribution >= 4 is 5.95 Å². The van der Waals surface area contributed by atoms with Crippen LogP contribution in [-0.4, -0.2) is 40.4 Å². The number of nitrogens with zero attached hydrogens (tertiary/aromatic N) is 4. The molecule has 7 heteroatoms. The molecule has 0 radical (unpaired) electrons. The molecule has 138 valence electrons. The van der Waals surface area contributed by atoms with E-state index in [9.17, 15) is 10.1 Å². The maximum absolute atomic E-state index is 13.0. The molecular weight excluding hydrogens is 342 g/mol. The van der Waals surface area contributed by atoms with Crippen LogP contribution in [0.2, 0.25) is 0 Å². The maximum Gasteiger partial charge on any atom is 0.270 e. The molecule has 1 atom stereocenters. The maximum atomic E-state index is 13.0. The van der Waals surface area contributed by atoms with E-state index < -0.39 is 0 Å². The fraction of sp³-hybridized carbons (Fsp3) is 0.350. The Morgan fingerprint density at radius 1 is 1.33 bits per heavy atom. The minimum absolute atomic E-state index is 0.0318. The number of aromatic nitrogens is 2. The second-order valence-corrected chi connectivity index (χ2v) is 6.44. The minimum atomic E-state index is -0.334. The molecule has 1 aliphatic rings. The number of piperidine rings is 1. The molecule has 0 aliphatic carbocycles. The highest BCUT2D eigenvalue weighted by atomic mass is 16.2. The van der Waals surface area contributed by atoms with Crippen molar-refractivity contribution in [2.45, 2.75) is 25.4 Å². The lowest BCUT2D eigenvalue weighted by atomic mass is 10.1. The first-order valence-corrected chi connectivity index (χ1v) is 8.82. The van der Waals surface area contributed by atoms with Gasteiger partial charge in [0.2, 0.25) is 5.95 Å². The van der Waals surface area contributed by atoms with E-state index in [0.29, 0.717) is 18.1 Å². The van der Waals surface area contributed by atoms with Crippen LogP contribution in [0.5, 0.6) is 0 Å². The van der Waals surface area contributed by atoms with E-state index in [4.69, 9.17) is 10.8 Å². The van der Waals surface area contributed by atoms with Crippen LogP contribution in [0.15, 0.2) is 35.3 Å². The summed E-state index contributed by atoms with van der Waals surface area (Å²) in [6, 6.07) is 9.36. The topological polar surface area (TPSA) is 108 Å². The van der Waals surface area contributed by atoms with Crippen molar-refractivity contribution in [1.82, 2.24) is 9.55 Å². The van der Waals surface area contributed by atoms with Crippen LogP contribution in [0.25, 0.3) is 0 Å². The highest BCUT2D eigenvalue weighted by Crippen LogP contribution is 2.18. The molecule has 1 aromatic carbocycles. The monoisotopic (exact) mass is 363 g/mol. The highest BCUT2D eigenvalue weighted by molar-refractivity contribution is 5.42. The summed E-state index contributed by atoms with van der Waals surface area (Å²) >= 11 is 0. The van der Waals surface area contributed by atoms with Gasteiger partial charge in [0.05, 0.1) is 24.4 Å². The van der Waals surface area contributed by atoms with Gasteiger partial charge in [-0.2, -0.15) is 5.26 Å². The molecule has 0 amide bonds. The summed E-state index contributed by atoms with van der Waals surface area (Å²) in [6.45, 7) is 1.26. The van der Waals surface area contributed by atoms with Gasteiger partial charge in [0.25, 0.3) is 5.56 Å². The molecule has 1 aliphatic heterocycles. The van der Waals surface area contributed by atoms with Gasteiger partial charge >= 0.3 is 0 Å². The summed E-state index contributed by atoms with van der Waals surface area (Å²) in [5.41, 5.74) is 7.25. The quantitative estimate of drug-likeness (QED) is 0.766. The largest absolute Gasteiger partial charge is 0.384 e. The summed E-state index contributed by atoms with van der Waals surface area (Å²) in [5, 5.41) is 18.3. The average molecular weight is 363 g/mol. The van der Waals surface area contributed by atoms with Crippen LogP contribution in [0, 0.1) is 23.2 Å². The Hall–Kier alpha value is -3.13. The second-order valence-electron chi connectivity index (χ2n) is 6.44. The van der Waals surface area contributed by atoms with Gasteiger partial charge in [-0.3, -0.25) is 9.36 Å². The van der Waals surface area contributed by atoms with Crippen molar-refractivity contribution in [3.8, 4) is 17.9 Å². The van der Waals surface area contributed by atoms with E-state index in [2.05, 4.69) is 22.9 Å². The van der Waals surface area contributed by atoms with E-state index in [1.165, 1.54) is 10.8 Å². The van der Waals surface area contributed by atoms with Crippen molar-refractivity contribution in [3.63, 3.8) is 0 Å². The first-order valence-electron chi connectivity index (χ1n) is 8.82. The van der Waals surface area contributed by atoms with Crippen LogP contribution in [0.3, 0.4) is 0 Å². The summed E-state index contributed by atoms with van der Waals surface area (Å²) in [5.74, 6) is 5.67. The number of nitrogens with two attached hydrogens (primary N) is 1. The van der Waals surface area contributed by atoms with Crippen molar-refractivity contribution in [2.75, 3.05) is 24.6 Å². The smallest absolute Gasteiger partial charge is 0.270 e. The Morgan fingerprint density at radius 2 is 2.15 bits per heavy atom. The molecule has 0 bridgehead atoms. The summed E-state index contributed by atoms with van der Waals surface area (Å²) in [6.07, 6.45) is 3.31. The number of hydrogen-bond acceptors (Lipinski definition) is 6. The number of hydrogen-bond donors (Lipinski definition) is 2. The predicted octanol–water partition coefficient (Wildman–Crippen LogP) is 0.435. The highest BCUT2D eigenvalue weighted by Gasteiger charge is 2.22. The van der Waals surface area contributed by atoms with E-state index in [-0.39, 0.29) is 30.3 Å². The fourth-order valence-corrected chi connectivity index (χ4v) is 3.23. The third-order valence-electron chi connectivity index (χ3n) is 4.54.